The molecule has 3 nitrogen and oxygen atoms in total. The van der Waals surface area contributed by atoms with Crippen LogP contribution in [-0.4, -0.2) is 22.4 Å². The number of thioether (sulfide) groups is 1. The van der Waals surface area contributed by atoms with Crippen molar-refractivity contribution in [1.29, 1.82) is 5.26 Å². The Hall–Kier alpha value is -1.47. The van der Waals surface area contributed by atoms with E-state index in [0.29, 0.717) is 0 Å². The molecule has 2 aliphatic rings. The van der Waals surface area contributed by atoms with Gasteiger partial charge in [-0.25, -0.2) is 0 Å². The van der Waals surface area contributed by atoms with E-state index in [4.69, 9.17) is 10.3 Å². The monoisotopic (exact) mass is 257 g/mol. The Labute approximate surface area is 112 Å². The molecule has 1 aromatic carbocycles. The fraction of sp³-hybridized carbons (Fsp3) is 0.429. The van der Waals surface area contributed by atoms with E-state index in [0.717, 1.165) is 30.3 Å². The molecular weight excluding hydrogens is 242 g/mol. The largest absolute Gasteiger partial charge is 0.257 e. The van der Waals surface area contributed by atoms with Crippen LogP contribution in [0.5, 0.6) is 0 Å². The molecule has 0 N–H and O–H groups in total. The van der Waals surface area contributed by atoms with E-state index in [-0.39, 0.29) is 6.04 Å². The molecule has 1 aromatic rings. The number of aryl methyl sites for hydroxylation is 1. The minimum absolute atomic E-state index is 0.242. The molecule has 18 heavy (non-hydrogen) atoms. The Morgan fingerprint density at radius 1 is 1.39 bits per heavy atom. The van der Waals surface area contributed by atoms with Crippen LogP contribution < -0.4 is 0 Å². The van der Waals surface area contributed by atoms with Gasteiger partial charge in [0.15, 0.2) is 11.4 Å². The summed E-state index contributed by atoms with van der Waals surface area (Å²) in [6.45, 7) is 0.800. The van der Waals surface area contributed by atoms with Crippen LogP contribution in [0, 0.1) is 11.5 Å². The molecule has 1 aliphatic heterocycles. The standard InChI is InChI=1S/C14H15N3S/c15-10-17-8-9-18-14(17)16-13-7-3-5-11-4-1-2-6-12(11)13/h1-2,4,6,13H,3,5,7-9H2. The Morgan fingerprint density at radius 2 is 2.28 bits per heavy atom. The molecule has 1 unspecified atom stereocenters. The van der Waals surface area contributed by atoms with Gasteiger partial charge < -0.3 is 0 Å². The van der Waals surface area contributed by atoms with Crippen molar-refractivity contribution in [1.82, 2.24) is 4.90 Å². The molecule has 0 radical (unpaired) electrons. The van der Waals surface area contributed by atoms with Gasteiger partial charge in [0.05, 0.1) is 6.04 Å². The first kappa shape index (κ1) is 11.6. The van der Waals surface area contributed by atoms with Gasteiger partial charge in [0.1, 0.15) is 0 Å². The molecule has 0 amide bonds. The second-order valence-corrected chi connectivity index (χ2v) is 5.68. The van der Waals surface area contributed by atoms with E-state index in [9.17, 15) is 0 Å². The van der Waals surface area contributed by atoms with E-state index in [1.54, 1.807) is 16.7 Å². The Kier molecular flexibility index (Phi) is 3.24. The minimum Gasteiger partial charge on any atom is -0.257 e. The smallest absolute Gasteiger partial charge is 0.185 e. The molecule has 4 heteroatoms. The Balaban J connectivity index is 1.91. The molecule has 0 saturated carbocycles. The number of fused-ring (bicyclic) bond motifs is 1. The summed E-state index contributed by atoms with van der Waals surface area (Å²) in [5.74, 6) is 0.973. The van der Waals surface area contributed by atoms with E-state index < -0.39 is 0 Å². The van der Waals surface area contributed by atoms with Crippen LogP contribution in [0.4, 0.5) is 0 Å². The minimum atomic E-state index is 0.242. The highest BCUT2D eigenvalue weighted by Crippen LogP contribution is 2.34. The second-order valence-electron chi connectivity index (χ2n) is 4.62. The number of nitriles is 1. The van der Waals surface area contributed by atoms with E-state index >= 15 is 0 Å². The molecule has 1 fully saturated rings. The van der Waals surface area contributed by atoms with Crippen molar-refractivity contribution < 1.29 is 0 Å². The van der Waals surface area contributed by atoms with Crippen LogP contribution in [-0.2, 0) is 6.42 Å². The maximum absolute atomic E-state index is 9.04. The van der Waals surface area contributed by atoms with E-state index in [1.165, 1.54) is 17.5 Å². The molecule has 0 spiro atoms. The predicted octanol–water partition coefficient (Wildman–Crippen LogP) is 2.95. The lowest BCUT2D eigenvalue weighted by Gasteiger charge is -2.23. The first-order chi connectivity index (χ1) is 8.88. The maximum Gasteiger partial charge on any atom is 0.185 e. The van der Waals surface area contributed by atoms with Crippen molar-refractivity contribution in [2.75, 3.05) is 12.3 Å². The van der Waals surface area contributed by atoms with Gasteiger partial charge >= 0.3 is 0 Å². The highest BCUT2D eigenvalue weighted by Gasteiger charge is 2.24. The summed E-state index contributed by atoms with van der Waals surface area (Å²) in [6.07, 6.45) is 5.66. The third kappa shape index (κ3) is 2.11. The van der Waals surface area contributed by atoms with Crippen molar-refractivity contribution >= 4 is 16.9 Å². The molecule has 92 valence electrons. The van der Waals surface area contributed by atoms with Crippen molar-refractivity contribution in [2.24, 2.45) is 4.99 Å². The number of hydrogen-bond acceptors (Lipinski definition) is 3. The lowest BCUT2D eigenvalue weighted by atomic mass is 9.88. The lowest BCUT2D eigenvalue weighted by molar-refractivity contribution is 0.559. The van der Waals surface area contributed by atoms with Gasteiger partial charge in [-0.05, 0) is 30.4 Å². The van der Waals surface area contributed by atoms with Crippen molar-refractivity contribution in [3.8, 4) is 6.19 Å². The molecule has 1 atom stereocenters. The summed E-state index contributed by atoms with van der Waals surface area (Å²) in [5.41, 5.74) is 2.77. The van der Waals surface area contributed by atoms with Gasteiger partial charge in [-0.3, -0.25) is 9.89 Å². The van der Waals surface area contributed by atoms with Crippen LogP contribution in [0.15, 0.2) is 29.3 Å². The highest BCUT2D eigenvalue weighted by molar-refractivity contribution is 8.14. The molecule has 3 rings (SSSR count). The third-order valence-corrected chi connectivity index (χ3v) is 4.47. The number of hydrogen-bond donors (Lipinski definition) is 0. The van der Waals surface area contributed by atoms with Gasteiger partial charge in [0.25, 0.3) is 0 Å². The first-order valence-electron chi connectivity index (χ1n) is 6.34. The van der Waals surface area contributed by atoms with Gasteiger partial charge in [0, 0.05) is 12.3 Å². The zero-order valence-corrected chi connectivity index (χ0v) is 11.0. The fourth-order valence-electron chi connectivity index (χ4n) is 2.60. The van der Waals surface area contributed by atoms with Gasteiger partial charge in [-0.15, -0.1) is 0 Å². The topological polar surface area (TPSA) is 39.4 Å². The molecule has 1 aliphatic carbocycles. The van der Waals surface area contributed by atoms with E-state index in [2.05, 4.69) is 30.5 Å². The lowest BCUT2D eigenvalue weighted by Crippen LogP contribution is -2.19. The van der Waals surface area contributed by atoms with Crippen molar-refractivity contribution in [3.63, 3.8) is 0 Å². The molecule has 0 bridgehead atoms. The maximum atomic E-state index is 9.04. The van der Waals surface area contributed by atoms with Gasteiger partial charge in [-0.2, -0.15) is 5.26 Å². The van der Waals surface area contributed by atoms with Crippen LogP contribution in [0.3, 0.4) is 0 Å². The number of aliphatic imine (C=N–C) groups is 1. The number of rotatable bonds is 1. The van der Waals surface area contributed by atoms with Gasteiger partial charge in [-0.1, -0.05) is 36.0 Å². The highest BCUT2D eigenvalue weighted by atomic mass is 32.2. The summed E-state index contributed by atoms with van der Waals surface area (Å²) in [6, 6.07) is 8.80. The molecule has 0 aromatic heterocycles. The third-order valence-electron chi connectivity index (χ3n) is 3.50. The summed E-state index contributed by atoms with van der Waals surface area (Å²) in [7, 11) is 0. The van der Waals surface area contributed by atoms with Crippen LogP contribution in [0.2, 0.25) is 0 Å². The van der Waals surface area contributed by atoms with Crippen LogP contribution >= 0.6 is 11.8 Å². The first-order valence-corrected chi connectivity index (χ1v) is 7.33. The summed E-state index contributed by atoms with van der Waals surface area (Å²) in [4.78, 5) is 6.52. The quantitative estimate of drug-likeness (QED) is 0.726. The average molecular weight is 257 g/mol. The Bertz CT molecular complexity index is 518. The fourth-order valence-corrected chi connectivity index (χ4v) is 3.54. The van der Waals surface area contributed by atoms with E-state index in [1.807, 2.05) is 0 Å². The summed E-state index contributed by atoms with van der Waals surface area (Å²) in [5, 5.41) is 9.94. The molecule has 1 saturated heterocycles. The zero-order chi connectivity index (χ0) is 12.4. The molecule has 1 heterocycles. The van der Waals surface area contributed by atoms with Crippen molar-refractivity contribution in [3.05, 3.63) is 35.4 Å². The summed E-state index contributed by atoms with van der Waals surface area (Å²) >= 11 is 1.70. The van der Waals surface area contributed by atoms with Gasteiger partial charge in [0.2, 0.25) is 0 Å². The number of amidine groups is 1. The Morgan fingerprint density at radius 3 is 3.17 bits per heavy atom. The second kappa shape index (κ2) is 5.03. The zero-order valence-electron chi connectivity index (χ0n) is 10.2. The molecular formula is C14H15N3S. The summed E-state index contributed by atoms with van der Waals surface area (Å²) < 4.78 is 0. The predicted molar refractivity (Wildman–Crippen MR) is 74.3 cm³/mol. The number of benzene rings is 1. The van der Waals surface area contributed by atoms with Crippen LogP contribution in [0.1, 0.15) is 30.0 Å². The van der Waals surface area contributed by atoms with Crippen LogP contribution in [0.25, 0.3) is 0 Å². The normalized spacial score (nSPS) is 24.9. The average Bonchev–Trinajstić information content (AvgIpc) is 2.86. The van der Waals surface area contributed by atoms with Crippen molar-refractivity contribution in [2.45, 2.75) is 25.3 Å². The SMILES string of the molecule is N#CN1CCSC1=NC1CCCc2ccccc21. The number of nitrogens with zero attached hydrogens (tertiary/aromatic N) is 3.